The maximum Gasteiger partial charge on any atom is 0.321 e. The molecule has 20 heavy (non-hydrogen) atoms. The molecule has 0 aliphatic rings. The van der Waals surface area contributed by atoms with Gasteiger partial charge in [0.25, 0.3) is 0 Å². The van der Waals surface area contributed by atoms with E-state index in [0.717, 1.165) is 18.2 Å². The van der Waals surface area contributed by atoms with Crippen LogP contribution in [0, 0.1) is 17.1 Å². The van der Waals surface area contributed by atoms with Gasteiger partial charge in [-0.25, -0.2) is 12.8 Å². The number of hydrogen-bond donors (Lipinski definition) is 3. The van der Waals surface area contributed by atoms with Gasteiger partial charge in [0.1, 0.15) is 17.9 Å². The molecule has 1 aromatic carbocycles. The molecule has 0 aromatic heterocycles. The first-order valence-corrected chi connectivity index (χ1v) is 6.85. The molecule has 0 radical (unpaired) electrons. The highest BCUT2D eigenvalue weighted by atomic mass is 32.2. The van der Waals surface area contributed by atoms with Gasteiger partial charge in [-0.1, -0.05) is 0 Å². The van der Waals surface area contributed by atoms with E-state index in [-0.39, 0.29) is 6.42 Å². The van der Waals surface area contributed by atoms with Crippen molar-refractivity contribution in [2.24, 2.45) is 0 Å². The van der Waals surface area contributed by atoms with Gasteiger partial charge in [-0.2, -0.15) is 9.98 Å². The number of hydrogen-bond acceptors (Lipinski definition) is 5. The summed E-state index contributed by atoms with van der Waals surface area (Å²) in [4.78, 5) is 10.4. The minimum Gasteiger partial charge on any atom is -0.480 e. The number of carboxylic acid groups (broad SMARTS) is 1. The molecule has 108 valence electrons. The van der Waals surface area contributed by atoms with Gasteiger partial charge in [-0.3, -0.25) is 4.79 Å². The quantitative estimate of drug-likeness (QED) is 0.668. The normalized spacial score (nSPS) is 12.7. The molecule has 0 bridgehead atoms. The summed E-state index contributed by atoms with van der Waals surface area (Å²) in [5.41, 5.74) is -0.470. The molecule has 1 atom stereocenters. The molecule has 0 aliphatic heterocycles. The predicted octanol–water partition coefficient (Wildman–Crippen LogP) is -0.189. The summed E-state index contributed by atoms with van der Waals surface area (Å²) >= 11 is 0. The first-order valence-electron chi connectivity index (χ1n) is 5.37. The van der Waals surface area contributed by atoms with Gasteiger partial charge in [-0.15, -0.1) is 0 Å². The number of nitrogens with zero attached hydrogens (tertiary/aromatic N) is 1. The zero-order valence-corrected chi connectivity index (χ0v) is 10.9. The Balaban J connectivity index is 3.11. The molecule has 1 rings (SSSR count). The van der Waals surface area contributed by atoms with E-state index < -0.39 is 44.9 Å². The number of aliphatic hydroxyl groups is 1. The molecule has 0 saturated heterocycles. The van der Waals surface area contributed by atoms with E-state index in [0.29, 0.717) is 0 Å². The number of halogens is 1. The van der Waals surface area contributed by atoms with E-state index in [4.69, 9.17) is 15.5 Å². The fraction of sp³-hybridized carbons (Fsp3) is 0.273. The molecule has 0 spiro atoms. The molecule has 0 saturated carbocycles. The fourth-order valence-electron chi connectivity index (χ4n) is 1.37. The summed E-state index contributed by atoms with van der Waals surface area (Å²) in [6, 6.07) is 2.49. The topological polar surface area (TPSA) is 127 Å². The van der Waals surface area contributed by atoms with Crippen LogP contribution >= 0.6 is 0 Å². The third-order valence-corrected chi connectivity index (χ3v) is 3.85. The number of aliphatic hydroxyl groups excluding tert-OH is 1. The van der Waals surface area contributed by atoms with Crippen LogP contribution in [0.15, 0.2) is 23.1 Å². The van der Waals surface area contributed by atoms with Crippen molar-refractivity contribution in [2.75, 3.05) is 6.61 Å². The maximum absolute atomic E-state index is 13.1. The van der Waals surface area contributed by atoms with Crippen LogP contribution in [0.1, 0.15) is 12.0 Å². The SMILES string of the molecule is N#Cc1cc(S(=O)(=O)N[C@H](CCO)C(=O)O)ccc1F. The minimum atomic E-state index is -4.24. The Labute approximate surface area is 114 Å². The van der Waals surface area contributed by atoms with Gasteiger partial charge in [0.2, 0.25) is 10.0 Å². The van der Waals surface area contributed by atoms with E-state index in [1.807, 2.05) is 4.72 Å². The van der Waals surface area contributed by atoms with Crippen molar-refractivity contribution < 1.29 is 27.8 Å². The van der Waals surface area contributed by atoms with Crippen LogP contribution in [0.2, 0.25) is 0 Å². The van der Waals surface area contributed by atoms with Crippen molar-refractivity contribution in [3.8, 4) is 6.07 Å². The first-order chi connectivity index (χ1) is 9.31. The van der Waals surface area contributed by atoms with Gasteiger partial charge >= 0.3 is 5.97 Å². The van der Waals surface area contributed by atoms with Gasteiger partial charge in [0.15, 0.2) is 0 Å². The average Bonchev–Trinajstić information content (AvgIpc) is 2.38. The molecule has 0 amide bonds. The Hall–Kier alpha value is -2.02. The highest BCUT2D eigenvalue weighted by molar-refractivity contribution is 7.89. The van der Waals surface area contributed by atoms with Crippen molar-refractivity contribution in [1.29, 1.82) is 5.26 Å². The first kappa shape index (κ1) is 16.0. The van der Waals surface area contributed by atoms with E-state index in [9.17, 15) is 17.6 Å². The van der Waals surface area contributed by atoms with Crippen molar-refractivity contribution in [3.05, 3.63) is 29.6 Å². The summed E-state index contributed by atoms with van der Waals surface area (Å²) in [5.74, 6) is -2.33. The zero-order valence-electron chi connectivity index (χ0n) is 10.1. The second kappa shape index (κ2) is 6.42. The highest BCUT2D eigenvalue weighted by Crippen LogP contribution is 2.15. The number of carbonyl (C=O) groups is 1. The number of sulfonamides is 1. The molecule has 0 aliphatic carbocycles. The van der Waals surface area contributed by atoms with Crippen molar-refractivity contribution in [3.63, 3.8) is 0 Å². The lowest BCUT2D eigenvalue weighted by molar-refractivity contribution is -0.139. The van der Waals surface area contributed by atoms with Crippen LogP contribution in [0.4, 0.5) is 4.39 Å². The Morgan fingerprint density at radius 2 is 2.15 bits per heavy atom. The minimum absolute atomic E-state index is 0.319. The Morgan fingerprint density at radius 1 is 1.50 bits per heavy atom. The van der Waals surface area contributed by atoms with Crippen LogP contribution in [0.25, 0.3) is 0 Å². The summed E-state index contributed by atoms with van der Waals surface area (Å²) in [6.45, 7) is -0.521. The molecule has 7 nitrogen and oxygen atoms in total. The van der Waals surface area contributed by atoms with Crippen molar-refractivity contribution >= 4 is 16.0 Å². The van der Waals surface area contributed by atoms with E-state index >= 15 is 0 Å². The second-order valence-corrected chi connectivity index (χ2v) is 5.49. The molecule has 0 heterocycles. The Bertz CT molecular complexity index is 653. The van der Waals surface area contributed by atoms with Crippen LogP contribution in [0.5, 0.6) is 0 Å². The van der Waals surface area contributed by atoms with Gasteiger partial charge < -0.3 is 10.2 Å². The third kappa shape index (κ3) is 3.74. The molecule has 0 fully saturated rings. The predicted molar refractivity (Wildman–Crippen MR) is 64.6 cm³/mol. The second-order valence-electron chi connectivity index (χ2n) is 3.78. The number of rotatable bonds is 6. The molecule has 3 N–H and O–H groups in total. The van der Waals surface area contributed by atoms with Crippen molar-refractivity contribution in [2.45, 2.75) is 17.4 Å². The van der Waals surface area contributed by atoms with Gasteiger partial charge in [-0.05, 0) is 24.6 Å². The van der Waals surface area contributed by atoms with Gasteiger partial charge in [0.05, 0.1) is 10.5 Å². The van der Waals surface area contributed by atoms with Crippen LogP contribution in [-0.2, 0) is 14.8 Å². The van der Waals surface area contributed by atoms with E-state index in [1.165, 1.54) is 6.07 Å². The molecular formula is C11H11FN2O5S. The maximum atomic E-state index is 13.1. The number of nitriles is 1. The van der Waals surface area contributed by atoms with E-state index in [2.05, 4.69) is 0 Å². The molecule has 1 aromatic rings. The third-order valence-electron chi connectivity index (χ3n) is 2.38. The molecule has 9 heteroatoms. The number of nitrogens with one attached hydrogen (secondary N) is 1. The lowest BCUT2D eigenvalue weighted by Gasteiger charge is -2.13. The fourth-order valence-corrected chi connectivity index (χ4v) is 2.62. The van der Waals surface area contributed by atoms with Crippen LogP contribution in [0.3, 0.4) is 0 Å². The van der Waals surface area contributed by atoms with Crippen LogP contribution < -0.4 is 4.72 Å². The number of benzene rings is 1. The van der Waals surface area contributed by atoms with Gasteiger partial charge in [0, 0.05) is 6.61 Å². The highest BCUT2D eigenvalue weighted by Gasteiger charge is 2.25. The molecular weight excluding hydrogens is 291 g/mol. The van der Waals surface area contributed by atoms with Crippen molar-refractivity contribution in [1.82, 2.24) is 4.72 Å². The summed E-state index contributed by atoms with van der Waals surface area (Å²) in [5, 5.41) is 26.1. The number of carboxylic acids is 1. The summed E-state index contributed by atoms with van der Waals surface area (Å²) < 4.78 is 38.8. The molecule has 0 unspecified atom stereocenters. The summed E-state index contributed by atoms with van der Waals surface area (Å²) in [6.07, 6.45) is -0.319. The number of aliphatic carboxylic acids is 1. The summed E-state index contributed by atoms with van der Waals surface area (Å²) in [7, 11) is -4.24. The Morgan fingerprint density at radius 3 is 2.65 bits per heavy atom. The lowest BCUT2D eigenvalue weighted by atomic mass is 10.2. The lowest BCUT2D eigenvalue weighted by Crippen LogP contribution is -2.41. The monoisotopic (exact) mass is 302 g/mol. The standard InChI is InChI=1S/C11H11FN2O5S/c12-9-2-1-8(5-7(9)6-13)20(18,19)14-10(3-4-15)11(16)17/h1-2,5,10,14-15H,3-4H2,(H,16,17)/t10-/m1/s1. The largest absolute Gasteiger partial charge is 0.480 e. The van der Waals surface area contributed by atoms with E-state index in [1.54, 1.807) is 0 Å². The smallest absolute Gasteiger partial charge is 0.321 e. The zero-order chi connectivity index (χ0) is 15.3. The Kier molecular flexibility index (Phi) is 5.15. The average molecular weight is 302 g/mol. The van der Waals surface area contributed by atoms with Crippen LogP contribution in [-0.4, -0.2) is 37.2 Å².